The first kappa shape index (κ1) is 25.9. The molecule has 0 spiro atoms. The monoisotopic (exact) mass is 566 g/mol. The van der Waals surface area contributed by atoms with E-state index in [9.17, 15) is 26.7 Å². The van der Waals surface area contributed by atoms with Crippen LogP contribution in [-0.4, -0.2) is 25.5 Å². The molecule has 0 aliphatic carbocycles. The number of alkyl halides is 3. The fraction of sp³-hybridized carbons (Fsp3) is 0.286. The van der Waals surface area contributed by atoms with E-state index in [2.05, 4.69) is 26.1 Å². The molecule has 0 fully saturated rings. The highest BCUT2D eigenvalue weighted by Crippen LogP contribution is 2.42. The van der Waals surface area contributed by atoms with E-state index in [0.717, 1.165) is 21.5 Å². The summed E-state index contributed by atoms with van der Waals surface area (Å²) in [7, 11) is 1.19. The Hall–Kier alpha value is -2.73. The number of rotatable bonds is 4. The largest absolute Gasteiger partial charge is 0.435 e. The van der Waals surface area contributed by atoms with Gasteiger partial charge in [0, 0.05) is 13.2 Å². The van der Waals surface area contributed by atoms with Gasteiger partial charge in [-0.05, 0) is 54.9 Å². The van der Waals surface area contributed by atoms with E-state index in [1.807, 2.05) is 0 Å². The topological polar surface area (TPSA) is 61.9 Å². The smallest absolute Gasteiger partial charge is 0.422 e. The third-order valence-electron chi connectivity index (χ3n) is 4.48. The molecule has 0 aliphatic rings. The fourth-order valence-corrected chi connectivity index (χ4v) is 3.45. The summed E-state index contributed by atoms with van der Waals surface area (Å²) in [5.74, 6) is -3.28. The van der Waals surface area contributed by atoms with Gasteiger partial charge >= 0.3 is 12.1 Å². The number of halogens is 7. The van der Waals surface area contributed by atoms with Crippen LogP contribution in [0, 0.1) is 17.0 Å². The van der Waals surface area contributed by atoms with Gasteiger partial charge in [0.15, 0.2) is 16.1 Å². The third-order valence-corrected chi connectivity index (χ3v) is 5.63. The normalized spacial score (nSPS) is 13.1. The Balaban J connectivity index is 2.25. The molecule has 0 amide bonds. The number of aromatic nitrogens is 4. The Morgan fingerprint density at radius 1 is 1.09 bits per heavy atom. The summed E-state index contributed by atoms with van der Waals surface area (Å²) in [5, 5.41) is 6.98. The van der Waals surface area contributed by atoms with Crippen LogP contribution in [0.3, 0.4) is 0 Å². The maximum atomic E-state index is 14.2. The molecule has 0 atom stereocenters. The van der Waals surface area contributed by atoms with Crippen molar-refractivity contribution in [2.75, 3.05) is 0 Å². The highest BCUT2D eigenvalue weighted by Gasteiger charge is 2.42. The Kier molecular flexibility index (Phi) is 6.96. The molecule has 0 saturated heterocycles. The molecule has 3 aromatic rings. The van der Waals surface area contributed by atoms with Gasteiger partial charge in [-0.15, -0.1) is 0 Å². The molecule has 13 heteroatoms. The van der Waals surface area contributed by atoms with Crippen LogP contribution in [0.1, 0.15) is 32.0 Å². The Morgan fingerprint density at radius 3 is 2.21 bits per heavy atom. The molecule has 0 radical (unpaired) electrons. The second-order valence-corrected chi connectivity index (χ2v) is 9.25. The van der Waals surface area contributed by atoms with Gasteiger partial charge in [0.05, 0.1) is 22.2 Å². The van der Waals surface area contributed by atoms with Crippen molar-refractivity contribution in [2.45, 2.75) is 26.9 Å². The van der Waals surface area contributed by atoms with E-state index >= 15 is 0 Å². The lowest BCUT2D eigenvalue weighted by atomic mass is 9.97. The van der Waals surface area contributed by atoms with Gasteiger partial charge in [-0.2, -0.15) is 23.4 Å². The van der Waals surface area contributed by atoms with E-state index in [4.69, 9.17) is 16.3 Å². The van der Waals surface area contributed by atoms with Crippen LogP contribution in [0.25, 0.3) is 21.6 Å². The molecule has 0 aliphatic heterocycles. The first-order chi connectivity index (χ1) is 15.6. The molecule has 2 heterocycles. The van der Waals surface area contributed by atoms with Crippen LogP contribution < -0.4 is 0 Å². The van der Waals surface area contributed by atoms with Crippen LogP contribution in [0.2, 0.25) is 5.15 Å². The number of carbonyl (C=O) groups is 1. The minimum Gasteiger partial charge on any atom is -0.422 e. The Labute approximate surface area is 204 Å². The molecule has 1 aromatic carbocycles. The summed E-state index contributed by atoms with van der Waals surface area (Å²) < 4.78 is 76.4. The summed E-state index contributed by atoms with van der Waals surface area (Å²) in [6.07, 6.45) is -3.73. The Bertz CT molecular complexity index is 1270. The van der Waals surface area contributed by atoms with Crippen molar-refractivity contribution in [1.29, 1.82) is 0 Å². The molecular weight excluding hydrogens is 551 g/mol. The van der Waals surface area contributed by atoms with Crippen molar-refractivity contribution >= 4 is 43.9 Å². The van der Waals surface area contributed by atoms with Gasteiger partial charge in [0.25, 0.3) is 0 Å². The average molecular weight is 568 g/mol. The van der Waals surface area contributed by atoms with E-state index in [-0.39, 0.29) is 10.3 Å². The molecule has 0 bridgehead atoms. The SMILES string of the molecule is Cn1nc(C(F)(F)F)c(/C(OC(=O)C(C)(C)C)=C(\Br)n2ccc(-c3c(F)cccc3F)n2)c1Cl. The zero-order valence-electron chi connectivity index (χ0n) is 18.1. The van der Waals surface area contributed by atoms with Crippen LogP contribution in [0.5, 0.6) is 0 Å². The van der Waals surface area contributed by atoms with Gasteiger partial charge in [-0.1, -0.05) is 17.7 Å². The minimum atomic E-state index is -4.95. The summed E-state index contributed by atoms with van der Waals surface area (Å²) in [6.45, 7) is 4.51. The summed E-state index contributed by atoms with van der Waals surface area (Å²) in [5.41, 5.74) is -3.80. The molecule has 0 N–H and O–H groups in total. The van der Waals surface area contributed by atoms with Crippen molar-refractivity contribution in [1.82, 2.24) is 19.6 Å². The number of hydrogen-bond acceptors (Lipinski definition) is 4. The predicted octanol–water partition coefficient (Wildman–Crippen LogP) is 6.50. The van der Waals surface area contributed by atoms with Gasteiger partial charge in [0.1, 0.15) is 16.8 Å². The quantitative estimate of drug-likeness (QED) is 0.205. The second-order valence-electron chi connectivity index (χ2n) is 8.14. The number of aryl methyl sites for hydroxylation is 1. The Morgan fingerprint density at radius 2 is 1.68 bits per heavy atom. The predicted molar refractivity (Wildman–Crippen MR) is 118 cm³/mol. The van der Waals surface area contributed by atoms with Crippen molar-refractivity contribution in [2.24, 2.45) is 12.5 Å². The third kappa shape index (κ3) is 5.02. The lowest BCUT2D eigenvalue weighted by molar-refractivity contribution is -0.146. The molecule has 3 rings (SSSR count). The standard InChI is InChI=1S/C21H17BrClF5N4O2/c1-20(2,3)19(33)34-15(14-16(21(26,27)28)30-31(4)18(14)23)17(22)32-9-8-12(29-32)13-10(24)6-5-7-11(13)25/h5-9H,1-4H3/b17-15-. The van der Waals surface area contributed by atoms with Crippen LogP contribution in [-0.2, 0) is 22.8 Å². The fourth-order valence-electron chi connectivity index (χ4n) is 2.76. The zero-order chi connectivity index (χ0) is 25.6. The number of benzene rings is 1. The number of hydrogen-bond donors (Lipinski definition) is 0. The van der Waals surface area contributed by atoms with E-state index < -0.39 is 56.9 Å². The van der Waals surface area contributed by atoms with E-state index in [0.29, 0.717) is 0 Å². The molecule has 0 saturated carbocycles. The van der Waals surface area contributed by atoms with Gasteiger partial charge in [0.2, 0.25) is 0 Å². The zero-order valence-corrected chi connectivity index (χ0v) is 20.5. The molecule has 6 nitrogen and oxygen atoms in total. The molecule has 34 heavy (non-hydrogen) atoms. The summed E-state index contributed by atoms with van der Waals surface area (Å²) in [6, 6.07) is 4.48. The van der Waals surface area contributed by atoms with Crippen LogP contribution in [0.4, 0.5) is 22.0 Å². The number of ether oxygens (including phenoxy) is 1. The molecule has 2 aromatic heterocycles. The molecule has 182 valence electrons. The highest BCUT2D eigenvalue weighted by molar-refractivity contribution is 9.15. The van der Waals surface area contributed by atoms with Crippen molar-refractivity contribution in [3.8, 4) is 11.3 Å². The molecular formula is C21H17BrClF5N4O2. The number of carbonyl (C=O) groups excluding carboxylic acids is 1. The molecule has 0 unspecified atom stereocenters. The van der Waals surface area contributed by atoms with Gasteiger partial charge in [-0.25, -0.2) is 13.5 Å². The first-order valence-electron chi connectivity index (χ1n) is 9.55. The maximum absolute atomic E-state index is 14.2. The van der Waals surface area contributed by atoms with Crippen LogP contribution >= 0.6 is 27.5 Å². The second kappa shape index (κ2) is 9.14. The number of esters is 1. The minimum absolute atomic E-state index is 0.151. The van der Waals surface area contributed by atoms with E-state index in [1.165, 1.54) is 46.1 Å². The van der Waals surface area contributed by atoms with Crippen molar-refractivity contribution in [3.63, 3.8) is 0 Å². The van der Waals surface area contributed by atoms with Crippen molar-refractivity contribution < 1.29 is 31.5 Å². The number of nitrogens with zero attached hydrogens (tertiary/aromatic N) is 4. The lowest BCUT2D eigenvalue weighted by Crippen LogP contribution is -2.23. The van der Waals surface area contributed by atoms with E-state index in [1.54, 1.807) is 0 Å². The summed E-state index contributed by atoms with van der Waals surface area (Å²) in [4.78, 5) is 12.6. The lowest BCUT2D eigenvalue weighted by Gasteiger charge is -2.20. The average Bonchev–Trinajstić information content (AvgIpc) is 3.30. The van der Waals surface area contributed by atoms with Gasteiger partial charge in [-0.3, -0.25) is 9.48 Å². The maximum Gasteiger partial charge on any atom is 0.435 e. The van der Waals surface area contributed by atoms with Crippen LogP contribution in [0.15, 0.2) is 30.5 Å². The first-order valence-corrected chi connectivity index (χ1v) is 10.7. The van der Waals surface area contributed by atoms with Crippen molar-refractivity contribution in [3.05, 3.63) is 58.5 Å². The van der Waals surface area contributed by atoms with Gasteiger partial charge < -0.3 is 4.74 Å². The summed E-state index contributed by atoms with van der Waals surface area (Å²) >= 11 is 9.22. The highest BCUT2D eigenvalue weighted by atomic mass is 79.9.